The SMILES string of the molecule is CCNCC(O)c1c(Br)cnn1C. The molecule has 0 bridgehead atoms. The Labute approximate surface area is 86.1 Å². The number of likely N-dealkylation sites (N-methyl/N-ethyl adjacent to an activating group) is 1. The minimum Gasteiger partial charge on any atom is -0.385 e. The van der Waals surface area contributed by atoms with Crippen LogP contribution >= 0.6 is 15.9 Å². The minimum absolute atomic E-state index is 0.512. The van der Waals surface area contributed by atoms with Gasteiger partial charge in [-0.25, -0.2) is 0 Å². The fraction of sp³-hybridized carbons (Fsp3) is 0.625. The van der Waals surface area contributed by atoms with Crippen LogP contribution in [-0.4, -0.2) is 28.0 Å². The average Bonchev–Trinajstić information content (AvgIpc) is 2.42. The summed E-state index contributed by atoms with van der Waals surface area (Å²) in [6, 6.07) is 0. The second-order valence-electron chi connectivity index (χ2n) is 2.82. The van der Waals surface area contributed by atoms with Crippen LogP contribution in [0.2, 0.25) is 0 Å². The van der Waals surface area contributed by atoms with Crippen LogP contribution in [0.4, 0.5) is 0 Å². The lowest BCUT2D eigenvalue weighted by atomic mass is 10.2. The lowest BCUT2D eigenvalue weighted by Gasteiger charge is -2.11. The Morgan fingerprint density at radius 2 is 2.46 bits per heavy atom. The summed E-state index contributed by atoms with van der Waals surface area (Å²) in [6.45, 7) is 3.41. The molecule has 0 aliphatic rings. The molecule has 4 nitrogen and oxygen atoms in total. The van der Waals surface area contributed by atoms with Crippen LogP contribution in [0.25, 0.3) is 0 Å². The molecule has 1 heterocycles. The van der Waals surface area contributed by atoms with Crippen LogP contribution in [-0.2, 0) is 7.05 Å². The van der Waals surface area contributed by atoms with Gasteiger partial charge in [0.25, 0.3) is 0 Å². The van der Waals surface area contributed by atoms with E-state index in [2.05, 4.69) is 26.3 Å². The molecule has 13 heavy (non-hydrogen) atoms. The third kappa shape index (κ3) is 2.52. The number of aliphatic hydroxyl groups excluding tert-OH is 1. The van der Waals surface area contributed by atoms with Gasteiger partial charge in [-0.3, -0.25) is 4.68 Å². The Kier molecular flexibility index (Phi) is 3.90. The van der Waals surface area contributed by atoms with Gasteiger partial charge in [0, 0.05) is 13.6 Å². The van der Waals surface area contributed by atoms with Crippen molar-refractivity contribution in [1.82, 2.24) is 15.1 Å². The van der Waals surface area contributed by atoms with Gasteiger partial charge in [-0.1, -0.05) is 6.92 Å². The molecule has 74 valence electrons. The van der Waals surface area contributed by atoms with Crippen molar-refractivity contribution in [1.29, 1.82) is 0 Å². The molecule has 0 aliphatic carbocycles. The average molecular weight is 248 g/mol. The van der Waals surface area contributed by atoms with Crippen LogP contribution in [0, 0.1) is 0 Å². The predicted molar refractivity (Wildman–Crippen MR) is 54.4 cm³/mol. The van der Waals surface area contributed by atoms with E-state index in [1.165, 1.54) is 0 Å². The molecular weight excluding hydrogens is 234 g/mol. The lowest BCUT2D eigenvalue weighted by Crippen LogP contribution is -2.22. The highest BCUT2D eigenvalue weighted by Crippen LogP contribution is 2.21. The molecule has 1 atom stereocenters. The molecule has 0 aliphatic heterocycles. The van der Waals surface area contributed by atoms with Gasteiger partial charge in [0.15, 0.2) is 0 Å². The number of nitrogens with zero attached hydrogens (tertiary/aromatic N) is 2. The van der Waals surface area contributed by atoms with Crippen molar-refractivity contribution in [3.05, 3.63) is 16.4 Å². The second-order valence-corrected chi connectivity index (χ2v) is 3.68. The summed E-state index contributed by atoms with van der Waals surface area (Å²) in [5, 5.41) is 16.9. The molecule has 0 spiro atoms. The monoisotopic (exact) mass is 247 g/mol. The predicted octanol–water partition coefficient (Wildman–Crippen LogP) is 0.825. The molecule has 5 heteroatoms. The summed E-state index contributed by atoms with van der Waals surface area (Å²) in [7, 11) is 1.81. The van der Waals surface area contributed by atoms with Crippen molar-refractivity contribution in [3.63, 3.8) is 0 Å². The largest absolute Gasteiger partial charge is 0.385 e. The summed E-state index contributed by atoms with van der Waals surface area (Å²) in [5.41, 5.74) is 0.806. The third-order valence-corrected chi connectivity index (χ3v) is 2.45. The zero-order valence-corrected chi connectivity index (χ0v) is 9.37. The number of halogens is 1. The first kappa shape index (κ1) is 10.7. The van der Waals surface area contributed by atoms with Gasteiger partial charge in [-0.2, -0.15) is 5.10 Å². The van der Waals surface area contributed by atoms with Gasteiger partial charge in [-0.05, 0) is 22.5 Å². The van der Waals surface area contributed by atoms with Crippen molar-refractivity contribution in [2.45, 2.75) is 13.0 Å². The third-order valence-electron chi connectivity index (χ3n) is 1.84. The Morgan fingerprint density at radius 1 is 1.77 bits per heavy atom. The minimum atomic E-state index is -0.512. The number of rotatable bonds is 4. The molecule has 1 rings (SSSR count). The maximum absolute atomic E-state index is 9.75. The maximum atomic E-state index is 9.75. The summed E-state index contributed by atoms with van der Waals surface area (Å²) < 4.78 is 2.52. The Hall–Kier alpha value is -0.390. The van der Waals surface area contributed by atoms with E-state index in [9.17, 15) is 5.11 Å². The van der Waals surface area contributed by atoms with Gasteiger partial charge in [0.05, 0.1) is 16.4 Å². The van der Waals surface area contributed by atoms with E-state index < -0.39 is 6.10 Å². The summed E-state index contributed by atoms with van der Waals surface area (Å²) in [5.74, 6) is 0. The highest BCUT2D eigenvalue weighted by molar-refractivity contribution is 9.10. The molecule has 0 saturated carbocycles. The van der Waals surface area contributed by atoms with E-state index in [4.69, 9.17) is 0 Å². The number of aryl methyl sites for hydroxylation is 1. The second kappa shape index (κ2) is 4.74. The molecule has 0 amide bonds. The Balaban J connectivity index is 2.69. The molecule has 2 N–H and O–H groups in total. The number of hydrogen-bond acceptors (Lipinski definition) is 3. The number of aromatic nitrogens is 2. The smallest absolute Gasteiger partial charge is 0.109 e. The summed E-state index contributed by atoms with van der Waals surface area (Å²) in [6.07, 6.45) is 1.17. The highest BCUT2D eigenvalue weighted by Gasteiger charge is 2.14. The van der Waals surface area contributed by atoms with Crippen LogP contribution in [0.3, 0.4) is 0 Å². The summed E-state index contributed by atoms with van der Waals surface area (Å²) in [4.78, 5) is 0. The highest BCUT2D eigenvalue weighted by atomic mass is 79.9. The van der Waals surface area contributed by atoms with Crippen LogP contribution in [0.1, 0.15) is 18.7 Å². The molecule has 1 unspecified atom stereocenters. The van der Waals surface area contributed by atoms with Gasteiger partial charge in [0.1, 0.15) is 6.10 Å². The van der Waals surface area contributed by atoms with Crippen molar-refractivity contribution in [2.24, 2.45) is 7.05 Å². The van der Waals surface area contributed by atoms with E-state index in [1.807, 2.05) is 14.0 Å². The van der Waals surface area contributed by atoms with E-state index in [0.29, 0.717) is 6.54 Å². The van der Waals surface area contributed by atoms with Gasteiger partial charge < -0.3 is 10.4 Å². The lowest BCUT2D eigenvalue weighted by molar-refractivity contribution is 0.165. The molecular formula is C8H14BrN3O. The van der Waals surface area contributed by atoms with Gasteiger partial charge in [-0.15, -0.1) is 0 Å². The number of aliphatic hydroxyl groups is 1. The fourth-order valence-corrected chi connectivity index (χ4v) is 1.79. The van der Waals surface area contributed by atoms with Crippen LogP contribution in [0.15, 0.2) is 10.7 Å². The van der Waals surface area contributed by atoms with Crippen molar-refractivity contribution < 1.29 is 5.11 Å². The van der Waals surface area contributed by atoms with E-state index >= 15 is 0 Å². The van der Waals surface area contributed by atoms with Crippen molar-refractivity contribution >= 4 is 15.9 Å². The van der Waals surface area contributed by atoms with E-state index in [0.717, 1.165) is 16.7 Å². The Bertz CT molecular complexity index is 255. The number of hydrogen-bond donors (Lipinski definition) is 2. The molecule has 1 aromatic rings. The maximum Gasteiger partial charge on any atom is 0.109 e. The topological polar surface area (TPSA) is 50.1 Å². The first-order chi connectivity index (χ1) is 6.16. The molecule has 0 fully saturated rings. The van der Waals surface area contributed by atoms with Gasteiger partial charge in [0.2, 0.25) is 0 Å². The quantitative estimate of drug-likeness (QED) is 0.829. The fourth-order valence-electron chi connectivity index (χ4n) is 1.17. The first-order valence-corrected chi connectivity index (χ1v) is 5.02. The Morgan fingerprint density at radius 3 is 2.92 bits per heavy atom. The first-order valence-electron chi connectivity index (χ1n) is 4.23. The van der Waals surface area contributed by atoms with Crippen LogP contribution < -0.4 is 5.32 Å². The standard InChI is InChI=1S/C8H14BrN3O/c1-3-10-5-7(13)8-6(9)4-11-12(8)2/h4,7,10,13H,3,5H2,1-2H3. The molecule has 0 saturated heterocycles. The van der Waals surface area contributed by atoms with Gasteiger partial charge >= 0.3 is 0 Å². The molecule has 0 radical (unpaired) electrons. The summed E-state index contributed by atoms with van der Waals surface area (Å²) >= 11 is 3.34. The normalized spacial score (nSPS) is 13.2. The van der Waals surface area contributed by atoms with E-state index in [1.54, 1.807) is 10.9 Å². The van der Waals surface area contributed by atoms with Crippen molar-refractivity contribution in [3.8, 4) is 0 Å². The molecule has 0 aromatic carbocycles. The van der Waals surface area contributed by atoms with Crippen molar-refractivity contribution in [2.75, 3.05) is 13.1 Å². The van der Waals surface area contributed by atoms with Crippen LogP contribution in [0.5, 0.6) is 0 Å². The molecule has 1 aromatic heterocycles. The zero-order chi connectivity index (χ0) is 9.84. The number of nitrogens with one attached hydrogen (secondary N) is 1. The van der Waals surface area contributed by atoms with E-state index in [-0.39, 0.29) is 0 Å². The zero-order valence-electron chi connectivity index (χ0n) is 7.79.